The van der Waals surface area contributed by atoms with Gasteiger partial charge in [-0.1, -0.05) is 43.9 Å². The van der Waals surface area contributed by atoms with Crippen molar-refractivity contribution in [3.05, 3.63) is 28.8 Å². The molecule has 1 aliphatic carbocycles. The lowest BCUT2D eigenvalue weighted by Gasteiger charge is -2.25. The number of sulfonamides is 1. The van der Waals surface area contributed by atoms with Crippen molar-refractivity contribution in [2.75, 3.05) is 17.1 Å². The third-order valence-corrected chi connectivity index (χ3v) is 5.31. The lowest BCUT2D eigenvalue weighted by atomic mass is 10.0. The number of hydrogen-bond acceptors (Lipinski definition) is 2. The minimum absolute atomic E-state index is 0.495. The summed E-state index contributed by atoms with van der Waals surface area (Å²) >= 11 is 6.08. The summed E-state index contributed by atoms with van der Waals surface area (Å²) in [6, 6.07) is 5.60. The van der Waals surface area contributed by atoms with E-state index in [0.29, 0.717) is 11.6 Å². The van der Waals surface area contributed by atoms with Crippen molar-refractivity contribution in [2.24, 2.45) is 5.92 Å². The molecule has 0 atom stereocenters. The zero-order chi connectivity index (χ0) is 15.5. The zero-order valence-electron chi connectivity index (χ0n) is 12.8. The predicted octanol–water partition coefficient (Wildman–Crippen LogP) is 4.25. The Morgan fingerprint density at radius 1 is 1.33 bits per heavy atom. The first-order valence-corrected chi connectivity index (χ1v) is 9.90. The van der Waals surface area contributed by atoms with E-state index < -0.39 is 10.0 Å². The van der Waals surface area contributed by atoms with Crippen molar-refractivity contribution in [1.29, 1.82) is 0 Å². The van der Waals surface area contributed by atoms with E-state index in [-0.39, 0.29) is 0 Å². The third kappa shape index (κ3) is 4.89. The second kappa shape index (κ2) is 7.01. The molecule has 0 heterocycles. The fourth-order valence-corrected chi connectivity index (χ4v) is 3.84. The monoisotopic (exact) mass is 329 g/mol. The summed E-state index contributed by atoms with van der Waals surface area (Å²) in [4.78, 5) is 0. The van der Waals surface area contributed by atoms with Crippen molar-refractivity contribution in [3.8, 4) is 0 Å². The second-order valence-corrected chi connectivity index (χ2v) is 8.29. The van der Waals surface area contributed by atoms with Crippen LogP contribution in [0.5, 0.6) is 0 Å². The van der Waals surface area contributed by atoms with E-state index in [4.69, 9.17) is 11.6 Å². The van der Waals surface area contributed by atoms with Gasteiger partial charge in [0.1, 0.15) is 0 Å². The van der Waals surface area contributed by atoms with Gasteiger partial charge in [0.25, 0.3) is 0 Å². The molecule has 0 N–H and O–H groups in total. The Bertz CT molecular complexity index is 582. The lowest BCUT2D eigenvalue weighted by Crippen LogP contribution is -2.31. The van der Waals surface area contributed by atoms with Gasteiger partial charge < -0.3 is 0 Å². The van der Waals surface area contributed by atoms with Crippen LogP contribution in [-0.2, 0) is 16.4 Å². The van der Waals surface area contributed by atoms with E-state index in [1.54, 1.807) is 6.07 Å². The van der Waals surface area contributed by atoms with Gasteiger partial charge in [-0.15, -0.1) is 0 Å². The SMILES string of the molecule is CCCN(c1cc(Cl)ccc1CCCC1CC1)S(C)(=O)=O. The normalized spacial score (nSPS) is 15.2. The molecule has 1 aromatic carbocycles. The van der Waals surface area contributed by atoms with E-state index in [2.05, 4.69) is 0 Å². The van der Waals surface area contributed by atoms with Crippen LogP contribution in [0, 0.1) is 5.92 Å². The summed E-state index contributed by atoms with van der Waals surface area (Å²) in [5.74, 6) is 0.905. The van der Waals surface area contributed by atoms with Crippen LogP contribution in [0.15, 0.2) is 18.2 Å². The highest BCUT2D eigenvalue weighted by molar-refractivity contribution is 7.92. The van der Waals surface area contributed by atoms with Crippen LogP contribution in [-0.4, -0.2) is 21.2 Å². The summed E-state index contributed by atoms with van der Waals surface area (Å²) in [6.45, 7) is 2.48. The number of halogens is 1. The van der Waals surface area contributed by atoms with E-state index in [9.17, 15) is 8.42 Å². The van der Waals surface area contributed by atoms with Crippen LogP contribution < -0.4 is 4.31 Å². The van der Waals surface area contributed by atoms with Crippen molar-refractivity contribution >= 4 is 27.3 Å². The summed E-state index contributed by atoms with van der Waals surface area (Å²) in [5, 5.41) is 0.584. The van der Waals surface area contributed by atoms with Crippen LogP contribution in [0.3, 0.4) is 0 Å². The first-order valence-electron chi connectivity index (χ1n) is 7.68. The van der Waals surface area contributed by atoms with Gasteiger partial charge in [-0.2, -0.15) is 0 Å². The Hall–Kier alpha value is -0.740. The van der Waals surface area contributed by atoms with Gasteiger partial charge in [0.2, 0.25) is 10.0 Å². The zero-order valence-corrected chi connectivity index (χ0v) is 14.4. The molecule has 1 aliphatic rings. The topological polar surface area (TPSA) is 37.4 Å². The molecule has 0 amide bonds. The first-order chi connectivity index (χ1) is 9.91. The molecule has 118 valence electrons. The molecule has 0 spiro atoms. The largest absolute Gasteiger partial charge is 0.270 e. The molecule has 0 aromatic heterocycles. The Kier molecular flexibility index (Phi) is 5.55. The van der Waals surface area contributed by atoms with Crippen LogP contribution in [0.25, 0.3) is 0 Å². The summed E-state index contributed by atoms with van der Waals surface area (Å²) in [7, 11) is -3.27. The predicted molar refractivity (Wildman–Crippen MR) is 89.6 cm³/mol. The third-order valence-electron chi connectivity index (χ3n) is 3.90. The van der Waals surface area contributed by atoms with E-state index in [0.717, 1.165) is 36.4 Å². The highest BCUT2D eigenvalue weighted by Gasteiger charge is 2.22. The molecule has 1 aromatic rings. The summed E-state index contributed by atoms with van der Waals surface area (Å²) in [5.41, 5.74) is 1.83. The van der Waals surface area contributed by atoms with E-state index in [1.807, 2.05) is 19.1 Å². The highest BCUT2D eigenvalue weighted by Crippen LogP contribution is 2.35. The average Bonchev–Trinajstić information content (AvgIpc) is 3.20. The molecule has 0 aliphatic heterocycles. The molecule has 3 nitrogen and oxygen atoms in total. The number of aryl methyl sites for hydroxylation is 1. The van der Waals surface area contributed by atoms with Crippen LogP contribution in [0.2, 0.25) is 5.02 Å². The average molecular weight is 330 g/mol. The molecule has 0 radical (unpaired) electrons. The van der Waals surface area contributed by atoms with Gasteiger partial charge in [-0.25, -0.2) is 8.42 Å². The summed E-state index contributed by atoms with van der Waals surface area (Å²) < 4.78 is 25.6. The minimum atomic E-state index is -3.27. The standard InChI is InChI=1S/C16H24ClNO2S/c1-3-11-18(21(2,19)20)16-12-15(17)10-9-14(16)6-4-5-13-7-8-13/h9-10,12-13H,3-8,11H2,1-2H3. The molecule has 1 fully saturated rings. The first kappa shape index (κ1) is 16.6. The summed E-state index contributed by atoms with van der Waals surface area (Å²) in [6.07, 6.45) is 8.03. The Labute approximate surface area is 133 Å². The molecule has 21 heavy (non-hydrogen) atoms. The fraction of sp³-hybridized carbons (Fsp3) is 0.625. The minimum Gasteiger partial charge on any atom is -0.270 e. The Morgan fingerprint density at radius 3 is 2.62 bits per heavy atom. The maximum Gasteiger partial charge on any atom is 0.232 e. The van der Waals surface area contributed by atoms with Crippen molar-refractivity contribution in [2.45, 2.75) is 45.4 Å². The van der Waals surface area contributed by atoms with Crippen molar-refractivity contribution in [3.63, 3.8) is 0 Å². The molecular formula is C16H24ClNO2S. The van der Waals surface area contributed by atoms with Gasteiger partial charge in [0, 0.05) is 11.6 Å². The number of anilines is 1. The van der Waals surface area contributed by atoms with Crippen molar-refractivity contribution < 1.29 is 8.42 Å². The van der Waals surface area contributed by atoms with Crippen LogP contribution in [0.1, 0.15) is 44.6 Å². The number of hydrogen-bond donors (Lipinski definition) is 0. The second-order valence-electron chi connectivity index (χ2n) is 5.94. The number of benzene rings is 1. The van der Waals surface area contributed by atoms with Crippen LogP contribution >= 0.6 is 11.6 Å². The van der Waals surface area contributed by atoms with Gasteiger partial charge in [-0.3, -0.25) is 4.31 Å². The Morgan fingerprint density at radius 2 is 2.05 bits per heavy atom. The molecule has 2 rings (SSSR count). The molecule has 0 unspecified atom stereocenters. The Balaban J connectivity index is 2.22. The lowest BCUT2D eigenvalue weighted by molar-refractivity contribution is 0.595. The smallest absolute Gasteiger partial charge is 0.232 e. The maximum absolute atomic E-state index is 12.1. The van der Waals surface area contributed by atoms with Gasteiger partial charge in [-0.05, 0) is 42.9 Å². The van der Waals surface area contributed by atoms with Gasteiger partial charge >= 0.3 is 0 Å². The van der Waals surface area contributed by atoms with Crippen molar-refractivity contribution in [1.82, 2.24) is 0 Å². The molecule has 0 bridgehead atoms. The van der Waals surface area contributed by atoms with E-state index in [1.165, 1.54) is 29.8 Å². The van der Waals surface area contributed by atoms with Gasteiger partial charge in [0.15, 0.2) is 0 Å². The molecule has 5 heteroatoms. The number of nitrogens with zero attached hydrogens (tertiary/aromatic N) is 1. The number of rotatable bonds is 8. The highest BCUT2D eigenvalue weighted by atomic mass is 35.5. The molecular weight excluding hydrogens is 306 g/mol. The molecule has 0 saturated heterocycles. The molecule has 1 saturated carbocycles. The van der Waals surface area contributed by atoms with Gasteiger partial charge in [0.05, 0.1) is 11.9 Å². The maximum atomic E-state index is 12.1. The fourth-order valence-electron chi connectivity index (χ4n) is 2.64. The van der Waals surface area contributed by atoms with E-state index >= 15 is 0 Å². The van der Waals surface area contributed by atoms with Crippen LogP contribution in [0.4, 0.5) is 5.69 Å². The quantitative estimate of drug-likeness (QED) is 0.715.